The molecule has 2 heterocycles. The molecule has 0 spiro atoms. The molecule has 1 saturated heterocycles. The molecular formula is C11H16N4O. The highest BCUT2D eigenvalue weighted by Gasteiger charge is 2.26. The zero-order valence-corrected chi connectivity index (χ0v) is 9.10. The summed E-state index contributed by atoms with van der Waals surface area (Å²) >= 11 is 0. The summed E-state index contributed by atoms with van der Waals surface area (Å²) in [6, 6.07) is 3.89. The maximum Gasteiger partial charge on any atom is 0.222 e. The molecule has 1 amide bonds. The fourth-order valence-corrected chi connectivity index (χ4v) is 1.95. The molecule has 0 saturated carbocycles. The molecule has 0 aromatic carbocycles. The van der Waals surface area contributed by atoms with E-state index in [1.54, 1.807) is 6.20 Å². The van der Waals surface area contributed by atoms with Crippen LogP contribution in [0.5, 0.6) is 0 Å². The molecule has 1 aromatic heterocycles. The van der Waals surface area contributed by atoms with Crippen LogP contribution in [0.4, 0.5) is 5.69 Å². The largest absolute Gasteiger partial charge is 0.369 e. The van der Waals surface area contributed by atoms with Gasteiger partial charge in [0.25, 0.3) is 0 Å². The van der Waals surface area contributed by atoms with E-state index in [0.29, 0.717) is 13.1 Å². The zero-order chi connectivity index (χ0) is 11.5. The van der Waals surface area contributed by atoms with E-state index in [9.17, 15) is 4.79 Å². The Morgan fingerprint density at radius 3 is 2.88 bits per heavy atom. The number of nitrogens with two attached hydrogens (primary N) is 2. The Morgan fingerprint density at radius 2 is 2.38 bits per heavy atom. The highest BCUT2D eigenvalue weighted by Crippen LogP contribution is 2.22. The minimum atomic E-state index is -0.214. The second-order valence-corrected chi connectivity index (χ2v) is 4.05. The van der Waals surface area contributed by atoms with Gasteiger partial charge in [-0.25, -0.2) is 0 Å². The Balaban J connectivity index is 2.05. The Kier molecular flexibility index (Phi) is 3.05. The van der Waals surface area contributed by atoms with Crippen LogP contribution in [-0.4, -0.2) is 24.0 Å². The molecule has 4 N–H and O–H groups in total. The number of amides is 1. The monoisotopic (exact) mass is 220 g/mol. The standard InChI is InChI=1S/C11H16N4O/c12-5-9-1-2-10(6-14-9)15-4-3-8(7-15)11(13)16/h1-2,6,8H,3-5,7,12H2,(H2,13,16). The lowest BCUT2D eigenvalue weighted by atomic mass is 10.1. The van der Waals surface area contributed by atoms with Crippen molar-refractivity contribution in [2.45, 2.75) is 13.0 Å². The highest BCUT2D eigenvalue weighted by atomic mass is 16.1. The smallest absolute Gasteiger partial charge is 0.222 e. The molecule has 1 aliphatic rings. The lowest BCUT2D eigenvalue weighted by Crippen LogP contribution is -2.27. The third kappa shape index (κ3) is 2.14. The third-order valence-corrected chi connectivity index (χ3v) is 2.97. The first-order valence-corrected chi connectivity index (χ1v) is 5.40. The van der Waals surface area contributed by atoms with Crippen LogP contribution in [0.3, 0.4) is 0 Å². The van der Waals surface area contributed by atoms with Gasteiger partial charge in [0.15, 0.2) is 0 Å². The topological polar surface area (TPSA) is 85.2 Å². The molecule has 1 aliphatic heterocycles. The maximum atomic E-state index is 11.0. The van der Waals surface area contributed by atoms with E-state index in [1.165, 1.54) is 0 Å². The van der Waals surface area contributed by atoms with E-state index >= 15 is 0 Å². The summed E-state index contributed by atoms with van der Waals surface area (Å²) in [6.45, 7) is 2.00. The van der Waals surface area contributed by atoms with Crippen molar-refractivity contribution in [2.75, 3.05) is 18.0 Å². The van der Waals surface area contributed by atoms with Crippen LogP contribution in [-0.2, 0) is 11.3 Å². The number of carbonyl (C=O) groups is 1. The van der Waals surface area contributed by atoms with Gasteiger partial charge in [0.2, 0.25) is 5.91 Å². The van der Waals surface area contributed by atoms with E-state index in [4.69, 9.17) is 11.5 Å². The normalized spacial score (nSPS) is 20.1. The van der Waals surface area contributed by atoms with Crippen LogP contribution in [0.1, 0.15) is 12.1 Å². The molecule has 1 unspecified atom stereocenters. The quantitative estimate of drug-likeness (QED) is 0.742. The Bertz CT molecular complexity index is 376. The maximum absolute atomic E-state index is 11.0. The van der Waals surface area contributed by atoms with E-state index < -0.39 is 0 Å². The first-order chi connectivity index (χ1) is 7.70. The van der Waals surface area contributed by atoms with Crippen molar-refractivity contribution < 1.29 is 4.79 Å². The van der Waals surface area contributed by atoms with Gasteiger partial charge < -0.3 is 16.4 Å². The van der Waals surface area contributed by atoms with Crippen LogP contribution in [0.15, 0.2) is 18.3 Å². The number of anilines is 1. The molecule has 0 radical (unpaired) electrons. The number of rotatable bonds is 3. The van der Waals surface area contributed by atoms with Gasteiger partial charge in [0.05, 0.1) is 23.5 Å². The second-order valence-electron chi connectivity index (χ2n) is 4.05. The number of hydrogen-bond donors (Lipinski definition) is 2. The predicted molar refractivity (Wildman–Crippen MR) is 61.6 cm³/mol. The van der Waals surface area contributed by atoms with E-state index in [1.807, 2.05) is 12.1 Å². The number of primary amides is 1. The summed E-state index contributed by atoms with van der Waals surface area (Å²) in [7, 11) is 0. The van der Waals surface area contributed by atoms with Gasteiger partial charge in [0, 0.05) is 19.6 Å². The van der Waals surface area contributed by atoms with Crippen LogP contribution < -0.4 is 16.4 Å². The number of hydrogen-bond acceptors (Lipinski definition) is 4. The van der Waals surface area contributed by atoms with Crippen LogP contribution >= 0.6 is 0 Å². The molecule has 1 atom stereocenters. The molecule has 86 valence electrons. The minimum absolute atomic E-state index is 0.0332. The summed E-state index contributed by atoms with van der Waals surface area (Å²) in [5.74, 6) is -0.247. The fourth-order valence-electron chi connectivity index (χ4n) is 1.95. The molecule has 1 fully saturated rings. The van der Waals surface area contributed by atoms with Crippen molar-refractivity contribution in [3.63, 3.8) is 0 Å². The summed E-state index contributed by atoms with van der Waals surface area (Å²) in [5.41, 5.74) is 12.7. The summed E-state index contributed by atoms with van der Waals surface area (Å²) in [4.78, 5) is 17.4. The Morgan fingerprint density at radius 1 is 1.56 bits per heavy atom. The molecule has 16 heavy (non-hydrogen) atoms. The van der Waals surface area contributed by atoms with Crippen molar-refractivity contribution in [3.8, 4) is 0 Å². The number of carbonyl (C=O) groups excluding carboxylic acids is 1. The van der Waals surface area contributed by atoms with Gasteiger partial charge in [-0.3, -0.25) is 9.78 Å². The van der Waals surface area contributed by atoms with Crippen molar-refractivity contribution >= 4 is 11.6 Å². The minimum Gasteiger partial charge on any atom is -0.369 e. The van der Waals surface area contributed by atoms with Crippen LogP contribution in [0.25, 0.3) is 0 Å². The second kappa shape index (κ2) is 4.49. The predicted octanol–water partition coefficient (Wildman–Crippen LogP) is -0.148. The SMILES string of the molecule is NCc1ccc(N2CCC(C(N)=O)C2)cn1. The lowest BCUT2D eigenvalue weighted by Gasteiger charge is -2.17. The molecule has 5 nitrogen and oxygen atoms in total. The molecule has 1 aromatic rings. The average Bonchev–Trinajstić information content (AvgIpc) is 2.78. The van der Waals surface area contributed by atoms with Crippen molar-refractivity contribution in [2.24, 2.45) is 17.4 Å². The van der Waals surface area contributed by atoms with E-state index in [-0.39, 0.29) is 11.8 Å². The van der Waals surface area contributed by atoms with Crippen molar-refractivity contribution in [3.05, 3.63) is 24.0 Å². The zero-order valence-electron chi connectivity index (χ0n) is 9.10. The molecule has 0 bridgehead atoms. The highest BCUT2D eigenvalue weighted by molar-refractivity contribution is 5.78. The molecule has 0 aliphatic carbocycles. The van der Waals surface area contributed by atoms with Crippen molar-refractivity contribution in [1.82, 2.24) is 4.98 Å². The first kappa shape index (κ1) is 10.9. The van der Waals surface area contributed by atoms with Crippen LogP contribution in [0.2, 0.25) is 0 Å². The number of nitrogens with zero attached hydrogens (tertiary/aromatic N) is 2. The number of aromatic nitrogens is 1. The third-order valence-electron chi connectivity index (χ3n) is 2.97. The first-order valence-electron chi connectivity index (χ1n) is 5.40. The molecular weight excluding hydrogens is 204 g/mol. The van der Waals surface area contributed by atoms with Gasteiger partial charge in [-0.2, -0.15) is 0 Å². The Labute approximate surface area is 94.4 Å². The van der Waals surface area contributed by atoms with Gasteiger partial charge in [-0.05, 0) is 18.6 Å². The molecule has 2 rings (SSSR count). The number of pyridine rings is 1. The molecule has 5 heteroatoms. The lowest BCUT2D eigenvalue weighted by molar-refractivity contribution is -0.121. The fraction of sp³-hybridized carbons (Fsp3) is 0.455. The summed E-state index contributed by atoms with van der Waals surface area (Å²) < 4.78 is 0. The van der Waals surface area contributed by atoms with Gasteiger partial charge >= 0.3 is 0 Å². The van der Waals surface area contributed by atoms with Gasteiger partial charge in [-0.15, -0.1) is 0 Å². The van der Waals surface area contributed by atoms with Gasteiger partial charge in [0.1, 0.15) is 0 Å². The Hall–Kier alpha value is -1.62. The van der Waals surface area contributed by atoms with Crippen molar-refractivity contribution in [1.29, 1.82) is 0 Å². The van der Waals surface area contributed by atoms with E-state index in [2.05, 4.69) is 9.88 Å². The van der Waals surface area contributed by atoms with Gasteiger partial charge in [-0.1, -0.05) is 0 Å². The summed E-state index contributed by atoms with van der Waals surface area (Å²) in [6.07, 6.45) is 2.62. The van der Waals surface area contributed by atoms with Crippen LogP contribution in [0, 0.1) is 5.92 Å². The summed E-state index contributed by atoms with van der Waals surface area (Å²) in [5, 5.41) is 0. The van der Waals surface area contributed by atoms with E-state index in [0.717, 1.165) is 24.3 Å². The average molecular weight is 220 g/mol.